The van der Waals surface area contributed by atoms with Gasteiger partial charge in [0.1, 0.15) is 11.6 Å². The molecule has 0 bridgehead atoms. The van der Waals surface area contributed by atoms with E-state index in [1.807, 2.05) is 0 Å². The largest absolute Gasteiger partial charge is 0.475 e. The van der Waals surface area contributed by atoms with E-state index >= 15 is 0 Å². The van der Waals surface area contributed by atoms with E-state index in [1.165, 1.54) is 6.20 Å². The summed E-state index contributed by atoms with van der Waals surface area (Å²) in [6, 6.07) is 1.70. The van der Waals surface area contributed by atoms with Crippen molar-refractivity contribution < 1.29 is 9.53 Å². The first kappa shape index (κ1) is 16.3. The smallest absolute Gasteiger partial charge is 0.232 e. The van der Waals surface area contributed by atoms with Crippen LogP contribution >= 0.6 is 23.2 Å². The Bertz CT molecular complexity index is 499. The molecule has 2 unspecified atom stereocenters. The molecule has 116 valence electrons. The first-order valence-electron chi connectivity index (χ1n) is 7.03. The van der Waals surface area contributed by atoms with Gasteiger partial charge in [-0.3, -0.25) is 4.79 Å². The summed E-state index contributed by atoms with van der Waals surface area (Å²) in [5, 5.41) is 3.66. The Labute approximate surface area is 134 Å². The molecule has 5 nitrogen and oxygen atoms in total. The molecule has 1 amide bonds. The third kappa shape index (κ3) is 5.02. The molecule has 0 saturated heterocycles. The quantitative estimate of drug-likeness (QED) is 0.812. The SMILES string of the molecule is NC1CCCC(C(=O)NCCOc2ncc(Cl)cc2Cl)C1. The third-order valence-electron chi connectivity index (χ3n) is 3.50. The maximum Gasteiger partial charge on any atom is 0.232 e. The van der Waals surface area contributed by atoms with Crippen molar-refractivity contribution in [3.05, 3.63) is 22.3 Å². The molecule has 1 heterocycles. The van der Waals surface area contributed by atoms with Crippen molar-refractivity contribution in [3.8, 4) is 5.88 Å². The summed E-state index contributed by atoms with van der Waals surface area (Å²) in [7, 11) is 0. The average molecular weight is 332 g/mol. The summed E-state index contributed by atoms with van der Waals surface area (Å²) in [6.07, 6.45) is 5.15. The standard InChI is InChI=1S/C14H19Cl2N3O2/c15-10-7-12(16)14(19-8-10)21-5-4-18-13(20)9-2-1-3-11(17)6-9/h7-9,11H,1-6,17H2,(H,18,20). The second-order valence-corrected chi connectivity index (χ2v) is 6.05. The van der Waals surface area contributed by atoms with E-state index in [4.69, 9.17) is 33.7 Å². The fourth-order valence-corrected chi connectivity index (χ4v) is 2.87. The van der Waals surface area contributed by atoms with Crippen LogP contribution in [0.5, 0.6) is 5.88 Å². The normalized spacial score (nSPS) is 21.9. The lowest BCUT2D eigenvalue weighted by molar-refractivity contribution is -0.126. The molecule has 1 aliphatic carbocycles. The van der Waals surface area contributed by atoms with Gasteiger partial charge < -0.3 is 15.8 Å². The predicted molar refractivity (Wildman–Crippen MR) is 82.7 cm³/mol. The zero-order valence-electron chi connectivity index (χ0n) is 11.6. The molecule has 3 N–H and O–H groups in total. The molecule has 1 fully saturated rings. The highest BCUT2D eigenvalue weighted by Crippen LogP contribution is 2.24. The number of rotatable bonds is 5. The van der Waals surface area contributed by atoms with Crippen LogP contribution < -0.4 is 15.8 Å². The molecule has 7 heteroatoms. The van der Waals surface area contributed by atoms with Crippen molar-refractivity contribution in [2.75, 3.05) is 13.2 Å². The van der Waals surface area contributed by atoms with Crippen molar-refractivity contribution in [2.24, 2.45) is 11.7 Å². The van der Waals surface area contributed by atoms with E-state index < -0.39 is 0 Å². The molecule has 0 aliphatic heterocycles. The first-order chi connectivity index (χ1) is 10.1. The molecule has 0 spiro atoms. The summed E-state index contributed by atoms with van der Waals surface area (Å²) in [6.45, 7) is 0.712. The van der Waals surface area contributed by atoms with Gasteiger partial charge in [-0.15, -0.1) is 0 Å². The van der Waals surface area contributed by atoms with Gasteiger partial charge >= 0.3 is 0 Å². The number of nitrogens with two attached hydrogens (primary N) is 1. The fraction of sp³-hybridized carbons (Fsp3) is 0.571. The maximum atomic E-state index is 12.0. The van der Waals surface area contributed by atoms with Crippen LogP contribution in [0, 0.1) is 5.92 Å². The second-order valence-electron chi connectivity index (χ2n) is 5.20. The first-order valence-corrected chi connectivity index (χ1v) is 7.79. The van der Waals surface area contributed by atoms with Gasteiger partial charge in [0.2, 0.25) is 11.8 Å². The van der Waals surface area contributed by atoms with E-state index in [0.717, 1.165) is 25.7 Å². The number of amides is 1. The second kappa shape index (κ2) is 7.82. The van der Waals surface area contributed by atoms with Crippen molar-refractivity contribution >= 4 is 29.1 Å². The van der Waals surface area contributed by atoms with Crippen LogP contribution in [0.15, 0.2) is 12.3 Å². The Morgan fingerprint density at radius 3 is 3.00 bits per heavy atom. The average Bonchev–Trinajstić information content (AvgIpc) is 2.45. The number of carbonyl (C=O) groups excluding carboxylic acids is 1. The number of aromatic nitrogens is 1. The molecule has 1 saturated carbocycles. The lowest BCUT2D eigenvalue weighted by Crippen LogP contribution is -2.39. The summed E-state index contributed by atoms with van der Waals surface area (Å²) in [5.74, 6) is 0.380. The summed E-state index contributed by atoms with van der Waals surface area (Å²) in [4.78, 5) is 16.0. The number of halogens is 2. The fourth-order valence-electron chi connectivity index (χ4n) is 2.44. The lowest BCUT2D eigenvalue weighted by atomic mass is 9.85. The van der Waals surface area contributed by atoms with Crippen LogP contribution in [0.1, 0.15) is 25.7 Å². The summed E-state index contributed by atoms with van der Waals surface area (Å²) >= 11 is 11.7. The van der Waals surface area contributed by atoms with E-state index in [1.54, 1.807) is 6.07 Å². The number of carbonyl (C=O) groups is 1. The molecule has 0 radical (unpaired) electrons. The Morgan fingerprint density at radius 1 is 1.48 bits per heavy atom. The summed E-state index contributed by atoms with van der Waals surface area (Å²) < 4.78 is 5.41. The van der Waals surface area contributed by atoms with Gasteiger partial charge in [-0.05, 0) is 25.3 Å². The topological polar surface area (TPSA) is 77.2 Å². The number of hydrogen-bond donors (Lipinski definition) is 2. The molecule has 1 aromatic rings. The summed E-state index contributed by atoms with van der Waals surface area (Å²) in [5.41, 5.74) is 5.88. The zero-order chi connectivity index (χ0) is 15.2. The highest BCUT2D eigenvalue weighted by atomic mass is 35.5. The van der Waals surface area contributed by atoms with Crippen molar-refractivity contribution in [3.63, 3.8) is 0 Å². The molecule has 0 aromatic carbocycles. The highest BCUT2D eigenvalue weighted by Gasteiger charge is 2.24. The molecular formula is C14H19Cl2N3O2. The zero-order valence-corrected chi connectivity index (χ0v) is 13.2. The van der Waals surface area contributed by atoms with Gasteiger partial charge in [0, 0.05) is 18.2 Å². The van der Waals surface area contributed by atoms with Crippen molar-refractivity contribution in [2.45, 2.75) is 31.7 Å². The number of ether oxygens (including phenoxy) is 1. The van der Waals surface area contributed by atoms with Crippen molar-refractivity contribution in [1.29, 1.82) is 0 Å². The van der Waals surface area contributed by atoms with Crippen LogP contribution in [0.25, 0.3) is 0 Å². The molecule has 2 rings (SSSR count). The minimum absolute atomic E-state index is 0.0194. The number of hydrogen-bond acceptors (Lipinski definition) is 4. The number of pyridine rings is 1. The molecule has 1 aromatic heterocycles. The monoisotopic (exact) mass is 331 g/mol. The van der Waals surface area contributed by atoms with Gasteiger partial charge in [0.05, 0.1) is 11.6 Å². The van der Waals surface area contributed by atoms with Gasteiger partial charge in [0.15, 0.2) is 0 Å². The van der Waals surface area contributed by atoms with Crippen LogP contribution in [-0.4, -0.2) is 30.1 Å². The number of nitrogens with one attached hydrogen (secondary N) is 1. The van der Waals surface area contributed by atoms with E-state index in [0.29, 0.717) is 29.1 Å². The minimum atomic E-state index is 0.0194. The highest BCUT2D eigenvalue weighted by molar-refractivity contribution is 6.35. The Balaban J connectivity index is 1.70. The molecule has 21 heavy (non-hydrogen) atoms. The Morgan fingerprint density at radius 2 is 2.29 bits per heavy atom. The van der Waals surface area contributed by atoms with Crippen LogP contribution in [-0.2, 0) is 4.79 Å². The molecular weight excluding hydrogens is 313 g/mol. The van der Waals surface area contributed by atoms with E-state index in [-0.39, 0.29) is 17.9 Å². The molecule has 1 aliphatic rings. The molecule has 2 atom stereocenters. The Kier molecular flexibility index (Phi) is 6.08. The van der Waals surface area contributed by atoms with Gasteiger partial charge in [-0.25, -0.2) is 4.98 Å². The Hall–Kier alpha value is -1.04. The van der Waals surface area contributed by atoms with Gasteiger partial charge in [0.25, 0.3) is 0 Å². The number of nitrogens with zero attached hydrogens (tertiary/aromatic N) is 1. The minimum Gasteiger partial charge on any atom is -0.475 e. The maximum absolute atomic E-state index is 12.0. The third-order valence-corrected chi connectivity index (χ3v) is 3.98. The van der Waals surface area contributed by atoms with Crippen molar-refractivity contribution in [1.82, 2.24) is 10.3 Å². The van der Waals surface area contributed by atoms with E-state index in [9.17, 15) is 4.79 Å². The van der Waals surface area contributed by atoms with E-state index in [2.05, 4.69) is 10.3 Å². The van der Waals surface area contributed by atoms with Crippen LogP contribution in [0.2, 0.25) is 10.0 Å². The van der Waals surface area contributed by atoms with Gasteiger partial charge in [-0.2, -0.15) is 0 Å². The van der Waals surface area contributed by atoms with Crippen LogP contribution in [0.3, 0.4) is 0 Å². The van der Waals surface area contributed by atoms with Crippen LogP contribution in [0.4, 0.5) is 0 Å². The predicted octanol–water partition coefficient (Wildman–Crippen LogP) is 2.40. The van der Waals surface area contributed by atoms with Gasteiger partial charge in [-0.1, -0.05) is 29.6 Å². The lowest BCUT2D eigenvalue weighted by Gasteiger charge is -2.25.